The van der Waals surface area contributed by atoms with Gasteiger partial charge in [-0.2, -0.15) is 0 Å². The fourth-order valence-electron chi connectivity index (χ4n) is 11.7. The minimum absolute atomic E-state index is 0.0507. The molecule has 280 valence electrons. The van der Waals surface area contributed by atoms with Crippen LogP contribution in [0.25, 0.3) is 127 Å². The van der Waals surface area contributed by atoms with Crippen molar-refractivity contribution in [1.29, 1.82) is 0 Å². The Hall–Kier alpha value is -7.82. The molecule has 0 bridgehead atoms. The lowest BCUT2D eigenvalue weighted by molar-refractivity contribution is 0.673. The van der Waals surface area contributed by atoms with Crippen molar-refractivity contribution < 1.29 is 4.42 Å². The van der Waals surface area contributed by atoms with Crippen LogP contribution < -0.4 is 10.9 Å². The smallest absolute Gasteiger partial charge is 0.333 e. The Morgan fingerprint density at radius 1 is 0.459 bits per heavy atom. The average molecular weight is 773 g/mol. The summed E-state index contributed by atoms with van der Waals surface area (Å²) < 4.78 is 12.2. The molecule has 0 amide bonds. The van der Waals surface area contributed by atoms with Gasteiger partial charge < -0.3 is 13.5 Å². The van der Waals surface area contributed by atoms with Crippen molar-refractivity contribution in [2.75, 3.05) is 0 Å². The van der Waals surface area contributed by atoms with E-state index in [4.69, 9.17) is 4.42 Å². The van der Waals surface area contributed by atoms with Crippen molar-refractivity contribution in [3.05, 3.63) is 188 Å². The molecule has 15 rings (SSSR count). The third-order valence-corrected chi connectivity index (χ3v) is 14.2. The minimum atomic E-state index is -0.0507. The Bertz CT molecular complexity index is 4000. The van der Waals surface area contributed by atoms with Gasteiger partial charge in [-0.25, -0.2) is 0 Å². The van der Waals surface area contributed by atoms with Gasteiger partial charge in [0.05, 0.1) is 16.4 Å². The van der Waals surface area contributed by atoms with Crippen LogP contribution in [0.2, 0.25) is 0 Å². The van der Waals surface area contributed by atoms with Crippen LogP contribution in [0.1, 0.15) is 5.56 Å². The second-order valence-electron chi connectivity index (χ2n) is 17.2. The first-order valence-electron chi connectivity index (χ1n) is 21.3. The van der Waals surface area contributed by atoms with Gasteiger partial charge in [0, 0.05) is 49.2 Å². The summed E-state index contributed by atoms with van der Waals surface area (Å²) in [5.74, 6) is 0. The summed E-state index contributed by atoms with van der Waals surface area (Å²) in [6, 6.07) is 67.6. The van der Waals surface area contributed by atoms with E-state index in [-0.39, 0.29) is 6.85 Å². The topological polar surface area (TPSA) is 23.0 Å². The minimum Gasteiger partial charge on any atom is -0.455 e. The van der Waals surface area contributed by atoms with Crippen LogP contribution in [0.15, 0.2) is 186 Å². The number of benzene rings is 10. The van der Waals surface area contributed by atoms with Crippen molar-refractivity contribution >= 4 is 94.1 Å². The van der Waals surface area contributed by atoms with Gasteiger partial charge in [0.15, 0.2) is 0 Å². The zero-order chi connectivity index (χ0) is 39.7. The van der Waals surface area contributed by atoms with Crippen LogP contribution >= 0.6 is 0 Å². The Morgan fingerprint density at radius 2 is 1.11 bits per heavy atom. The predicted octanol–water partition coefficient (Wildman–Crippen LogP) is 13.6. The summed E-state index contributed by atoms with van der Waals surface area (Å²) in [4.78, 5) is 0. The van der Waals surface area contributed by atoms with E-state index in [1.54, 1.807) is 0 Å². The van der Waals surface area contributed by atoms with Gasteiger partial charge in [-0.05, 0) is 122 Å². The van der Waals surface area contributed by atoms with Crippen LogP contribution in [0, 0.1) is 6.92 Å². The molecule has 0 aliphatic carbocycles. The van der Waals surface area contributed by atoms with Gasteiger partial charge in [-0.15, -0.1) is 0 Å². The highest BCUT2D eigenvalue weighted by molar-refractivity contribution is 6.90. The van der Waals surface area contributed by atoms with E-state index in [9.17, 15) is 0 Å². The molecular weight excluding hydrogens is 739 g/mol. The largest absolute Gasteiger partial charge is 0.455 e. The monoisotopic (exact) mass is 772 g/mol. The van der Waals surface area contributed by atoms with Crippen molar-refractivity contribution in [1.82, 2.24) is 9.05 Å². The van der Waals surface area contributed by atoms with Crippen molar-refractivity contribution in [2.24, 2.45) is 0 Å². The maximum Gasteiger partial charge on any atom is 0.333 e. The summed E-state index contributed by atoms with van der Waals surface area (Å²) in [5.41, 5.74) is 22.1. The van der Waals surface area contributed by atoms with Crippen molar-refractivity contribution in [3.8, 4) is 50.2 Å². The summed E-state index contributed by atoms with van der Waals surface area (Å²) in [6.07, 6.45) is 0. The summed E-state index contributed by atoms with van der Waals surface area (Å²) in [5, 5.41) is 9.98. The zero-order valence-electron chi connectivity index (χ0n) is 33.2. The molecule has 0 N–H and O–H groups in total. The third kappa shape index (κ3) is 3.96. The second kappa shape index (κ2) is 11.3. The molecule has 0 radical (unpaired) electrons. The molecule has 0 saturated carbocycles. The first-order valence-corrected chi connectivity index (χ1v) is 21.3. The van der Waals surface area contributed by atoms with Crippen LogP contribution in [0.4, 0.5) is 0 Å². The molecule has 10 aromatic carbocycles. The van der Waals surface area contributed by atoms with Gasteiger partial charge in [0.1, 0.15) is 11.2 Å². The molecule has 2 aliphatic rings. The quantitative estimate of drug-likeness (QED) is 0.130. The van der Waals surface area contributed by atoms with Crippen LogP contribution in [-0.2, 0) is 0 Å². The molecule has 0 saturated heterocycles. The van der Waals surface area contributed by atoms with E-state index in [2.05, 4.69) is 198 Å². The highest BCUT2D eigenvalue weighted by atomic mass is 16.3. The fraction of sp³-hybridized carbons (Fsp3) is 0.0175. The molecule has 2 aliphatic heterocycles. The van der Waals surface area contributed by atoms with Crippen LogP contribution in [-0.4, -0.2) is 15.9 Å². The number of hydrogen-bond donors (Lipinski definition) is 0. The maximum absolute atomic E-state index is 6.90. The zero-order valence-corrected chi connectivity index (χ0v) is 33.2. The van der Waals surface area contributed by atoms with Gasteiger partial charge in [0.2, 0.25) is 0 Å². The number of hydrogen-bond acceptors (Lipinski definition) is 1. The van der Waals surface area contributed by atoms with Gasteiger partial charge in [0.25, 0.3) is 0 Å². The fourth-order valence-corrected chi connectivity index (χ4v) is 11.7. The molecule has 0 atom stereocenters. The lowest BCUT2D eigenvalue weighted by Gasteiger charge is -2.36. The lowest BCUT2D eigenvalue weighted by Crippen LogP contribution is -2.55. The highest BCUT2D eigenvalue weighted by Crippen LogP contribution is 2.50. The molecule has 0 fully saturated rings. The summed E-state index contributed by atoms with van der Waals surface area (Å²) >= 11 is 0. The standard InChI is InChI=1S/C57H33BN2O/c1-32-42(39-28-37(33-13-4-2-5-14-33)27-38(29-39)34-15-6-3-7-16-34)31-48-54-50(32)44-30-43-40-18-9-11-22-49(40)61-57(43)53-41-19-8-10-20-46(41)60(55(44)53)58(54)45-26-25-36-24-23-35-17-12-21-47-51(35)52(36)56(45)59(47)48/h2-31H,1H3. The van der Waals surface area contributed by atoms with Crippen molar-refractivity contribution in [2.45, 2.75) is 6.92 Å². The number of furan rings is 1. The van der Waals surface area contributed by atoms with Gasteiger partial charge >= 0.3 is 6.85 Å². The van der Waals surface area contributed by atoms with Crippen LogP contribution in [0.5, 0.6) is 0 Å². The SMILES string of the molecule is Cc1c(-c2cc(-c3ccccc3)cc(-c3ccccc3)c2)cc2c3c1-c1cc4c5ccccc5oc4c4c5ccccc5n(c14)B3c1ccc3ccc4cccc5c4c3c1n5-2. The molecular formula is C57H33BN2O. The van der Waals surface area contributed by atoms with Gasteiger partial charge in [-0.3, -0.25) is 0 Å². The van der Waals surface area contributed by atoms with Crippen molar-refractivity contribution in [3.63, 3.8) is 0 Å². The average Bonchev–Trinajstić information content (AvgIpc) is 3.99. The molecule has 5 heterocycles. The molecule has 0 unspecified atom stereocenters. The summed E-state index contributed by atoms with van der Waals surface area (Å²) in [7, 11) is 0. The second-order valence-corrected chi connectivity index (χ2v) is 17.2. The number of rotatable bonds is 3. The number of nitrogens with zero attached hydrogens (tertiary/aromatic N) is 2. The van der Waals surface area contributed by atoms with E-state index in [0.717, 1.165) is 21.9 Å². The number of fused-ring (bicyclic) bond motifs is 12. The molecule has 3 nitrogen and oxygen atoms in total. The van der Waals surface area contributed by atoms with Crippen LogP contribution in [0.3, 0.4) is 0 Å². The predicted molar refractivity (Wildman–Crippen MR) is 257 cm³/mol. The van der Waals surface area contributed by atoms with E-state index >= 15 is 0 Å². The molecule has 0 spiro atoms. The molecule has 3 aromatic heterocycles. The first kappa shape index (κ1) is 32.1. The van der Waals surface area contributed by atoms with E-state index in [1.807, 2.05) is 0 Å². The lowest BCUT2D eigenvalue weighted by atomic mass is 9.45. The van der Waals surface area contributed by atoms with E-state index in [1.165, 1.54) is 121 Å². The molecule has 61 heavy (non-hydrogen) atoms. The van der Waals surface area contributed by atoms with E-state index in [0.29, 0.717) is 0 Å². The van der Waals surface area contributed by atoms with Gasteiger partial charge in [-0.1, -0.05) is 133 Å². The first-order chi connectivity index (χ1) is 30.2. The van der Waals surface area contributed by atoms with E-state index < -0.39 is 0 Å². The Balaban J connectivity index is 1.17. The molecule has 4 heteroatoms. The number of aromatic nitrogens is 2. The number of para-hydroxylation sites is 2. The summed E-state index contributed by atoms with van der Waals surface area (Å²) in [6.45, 7) is 2.32. The maximum atomic E-state index is 6.90. The highest BCUT2D eigenvalue weighted by Gasteiger charge is 2.43. The Morgan fingerprint density at radius 3 is 1.90 bits per heavy atom. The molecule has 13 aromatic rings. The Kier molecular flexibility index (Phi) is 5.92. The third-order valence-electron chi connectivity index (χ3n) is 14.2. The normalized spacial score (nSPS) is 13.0. The Labute approximate surface area is 350 Å².